The molecule has 1 saturated heterocycles. The SMILES string of the molecule is CCNc1nc(OC)nc(N2CCC(OCCO)CC2)n1. The summed E-state index contributed by atoms with van der Waals surface area (Å²) in [6, 6.07) is 0.314. The largest absolute Gasteiger partial charge is 0.467 e. The fraction of sp³-hybridized carbons (Fsp3) is 0.769. The zero-order valence-electron chi connectivity index (χ0n) is 12.6. The number of nitrogens with zero attached hydrogens (tertiary/aromatic N) is 4. The van der Waals surface area contributed by atoms with Gasteiger partial charge in [-0.15, -0.1) is 0 Å². The van der Waals surface area contributed by atoms with Crippen LogP contribution in [0.15, 0.2) is 0 Å². The topological polar surface area (TPSA) is 92.6 Å². The summed E-state index contributed by atoms with van der Waals surface area (Å²) in [5, 5.41) is 11.9. The van der Waals surface area contributed by atoms with Crippen molar-refractivity contribution in [3.05, 3.63) is 0 Å². The van der Waals surface area contributed by atoms with Gasteiger partial charge in [0.2, 0.25) is 11.9 Å². The molecular formula is C13H23N5O3. The van der Waals surface area contributed by atoms with Crippen molar-refractivity contribution in [1.82, 2.24) is 15.0 Å². The first kappa shape index (κ1) is 15.7. The molecule has 2 rings (SSSR count). The van der Waals surface area contributed by atoms with E-state index in [1.165, 1.54) is 0 Å². The number of methoxy groups -OCH3 is 1. The van der Waals surface area contributed by atoms with Crippen molar-refractivity contribution in [2.45, 2.75) is 25.9 Å². The van der Waals surface area contributed by atoms with Crippen LogP contribution in [0.1, 0.15) is 19.8 Å². The van der Waals surface area contributed by atoms with Gasteiger partial charge in [0.15, 0.2) is 0 Å². The van der Waals surface area contributed by atoms with E-state index in [9.17, 15) is 0 Å². The Balaban J connectivity index is 2.00. The second-order valence-electron chi connectivity index (χ2n) is 4.76. The molecule has 1 aliphatic heterocycles. The van der Waals surface area contributed by atoms with Crippen LogP contribution in [-0.4, -0.2) is 66.1 Å². The maximum absolute atomic E-state index is 8.78. The second-order valence-corrected chi connectivity index (χ2v) is 4.76. The number of aliphatic hydroxyl groups is 1. The molecule has 8 heteroatoms. The van der Waals surface area contributed by atoms with Crippen LogP contribution >= 0.6 is 0 Å². The van der Waals surface area contributed by atoms with Crippen molar-refractivity contribution >= 4 is 11.9 Å². The van der Waals surface area contributed by atoms with E-state index >= 15 is 0 Å². The molecule has 0 saturated carbocycles. The third-order valence-corrected chi connectivity index (χ3v) is 3.29. The van der Waals surface area contributed by atoms with Gasteiger partial charge in [-0.3, -0.25) is 0 Å². The third-order valence-electron chi connectivity index (χ3n) is 3.29. The van der Waals surface area contributed by atoms with Crippen LogP contribution in [0.3, 0.4) is 0 Å². The minimum Gasteiger partial charge on any atom is -0.467 e. The maximum atomic E-state index is 8.78. The predicted octanol–water partition coefficient (Wildman–Crippen LogP) is 0.290. The lowest BCUT2D eigenvalue weighted by Crippen LogP contribution is -2.38. The highest BCUT2D eigenvalue weighted by Crippen LogP contribution is 2.20. The molecule has 0 bridgehead atoms. The highest BCUT2D eigenvalue weighted by Gasteiger charge is 2.22. The Hall–Kier alpha value is -1.67. The van der Waals surface area contributed by atoms with Gasteiger partial charge in [0.05, 0.1) is 26.4 Å². The molecule has 0 radical (unpaired) electrons. The molecule has 0 aromatic carbocycles. The molecular weight excluding hydrogens is 274 g/mol. The van der Waals surface area contributed by atoms with Crippen molar-refractivity contribution in [3.8, 4) is 6.01 Å². The molecule has 0 atom stereocenters. The number of nitrogens with one attached hydrogen (secondary N) is 1. The van der Waals surface area contributed by atoms with Gasteiger partial charge in [0.25, 0.3) is 0 Å². The zero-order valence-corrected chi connectivity index (χ0v) is 12.6. The Bertz CT molecular complexity index is 438. The molecule has 0 aliphatic carbocycles. The summed E-state index contributed by atoms with van der Waals surface area (Å²) in [5.74, 6) is 1.15. The van der Waals surface area contributed by atoms with Crippen LogP contribution in [0.5, 0.6) is 6.01 Å². The molecule has 2 heterocycles. The Labute approximate surface area is 124 Å². The van der Waals surface area contributed by atoms with E-state index in [1.807, 2.05) is 6.92 Å². The number of rotatable bonds is 7. The third kappa shape index (κ3) is 4.40. The number of hydrogen-bond donors (Lipinski definition) is 2. The summed E-state index contributed by atoms with van der Waals surface area (Å²) >= 11 is 0. The van der Waals surface area contributed by atoms with Crippen molar-refractivity contribution in [2.75, 3.05) is 50.2 Å². The van der Waals surface area contributed by atoms with Gasteiger partial charge in [0, 0.05) is 19.6 Å². The first-order valence-electron chi connectivity index (χ1n) is 7.28. The van der Waals surface area contributed by atoms with Crippen molar-refractivity contribution < 1.29 is 14.6 Å². The molecule has 1 aliphatic rings. The van der Waals surface area contributed by atoms with Crippen LogP contribution in [0.2, 0.25) is 0 Å². The van der Waals surface area contributed by atoms with E-state index < -0.39 is 0 Å². The van der Waals surface area contributed by atoms with Crippen LogP contribution < -0.4 is 15.0 Å². The van der Waals surface area contributed by atoms with Crippen LogP contribution in [0.4, 0.5) is 11.9 Å². The molecule has 8 nitrogen and oxygen atoms in total. The predicted molar refractivity (Wildman–Crippen MR) is 78.8 cm³/mol. The molecule has 2 N–H and O–H groups in total. The minimum atomic E-state index is 0.0664. The maximum Gasteiger partial charge on any atom is 0.322 e. The number of piperidine rings is 1. The molecule has 1 aromatic heterocycles. The number of aromatic nitrogens is 3. The highest BCUT2D eigenvalue weighted by atomic mass is 16.5. The summed E-state index contributed by atoms with van der Waals surface area (Å²) in [4.78, 5) is 15.0. The van der Waals surface area contributed by atoms with E-state index in [4.69, 9.17) is 14.6 Å². The molecule has 1 fully saturated rings. The van der Waals surface area contributed by atoms with Crippen LogP contribution in [-0.2, 0) is 4.74 Å². The normalized spacial score (nSPS) is 16.0. The fourth-order valence-electron chi connectivity index (χ4n) is 2.26. The van der Waals surface area contributed by atoms with Crippen LogP contribution in [0, 0.1) is 0 Å². The number of hydrogen-bond acceptors (Lipinski definition) is 8. The quantitative estimate of drug-likeness (QED) is 0.742. The standard InChI is InChI=1S/C13H23N5O3/c1-3-14-11-15-12(17-13(16-11)20-2)18-6-4-10(5-7-18)21-9-8-19/h10,19H,3-9H2,1-2H3,(H,14,15,16,17). The van der Waals surface area contributed by atoms with Crippen LogP contribution in [0.25, 0.3) is 0 Å². The summed E-state index contributed by atoms with van der Waals surface area (Å²) in [5.41, 5.74) is 0. The molecule has 118 valence electrons. The van der Waals surface area contributed by atoms with Gasteiger partial charge in [-0.1, -0.05) is 0 Å². The summed E-state index contributed by atoms with van der Waals surface area (Å²) in [6.07, 6.45) is 1.99. The Morgan fingerprint density at radius 2 is 2.05 bits per heavy atom. The molecule has 0 amide bonds. The summed E-state index contributed by atoms with van der Waals surface area (Å²) < 4.78 is 10.7. The van der Waals surface area contributed by atoms with Gasteiger partial charge in [-0.25, -0.2) is 0 Å². The summed E-state index contributed by atoms with van der Waals surface area (Å²) in [6.45, 7) is 4.82. The van der Waals surface area contributed by atoms with E-state index in [1.54, 1.807) is 7.11 Å². The second kappa shape index (κ2) is 7.94. The lowest BCUT2D eigenvalue weighted by atomic mass is 10.1. The molecule has 0 unspecified atom stereocenters. The van der Waals surface area contributed by atoms with Gasteiger partial charge >= 0.3 is 6.01 Å². The van der Waals surface area contributed by atoms with Gasteiger partial charge in [0.1, 0.15) is 0 Å². The monoisotopic (exact) mass is 297 g/mol. The lowest BCUT2D eigenvalue weighted by molar-refractivity contribution is 0.0157. The molecule has 0 spiro atoms. The Kier molecular flexibility index (Phi) is 5.94. The Morgan fingerprint density at radius 1 is 1.29 bits per heavy atom. The van der Waals surface area contributed by atoms with Gasteiger partial charge in [-0.2, -0.15) is 15.0 Å². The number of aliphatic hydroxyl groups excluding tert-OH is 1. The number of ether oxygens (including phenoxy) is 2. The first-order valence-corrected chi connectivity index (χ1v) is 7.28. The smallest absolute Gasteiger partial charge is 0.322 e. The minimum absolute atomic E-state index is 0.0664. The summed E-state index contributed by atoms with van der Waals surface area (Å²) in [7, 11) is 1.55. The van der Waals surface area contributed by atoms with E-state index in [0.29, 0.717) is 24.5 Å². The molecule has 21 heavy (non-hydrogen) atoms. The van der Waals surface area contributed by atoms with Gasteiger partial charge < -0.3 is 24.8 Å². The van der Waals surface area contributed by atoms with E-state index in [-0.39, 0.29) is 12.7 Å². The van der Waals surface area contributed by atoms with Crippen molar-refractivity contribution in [2.24, 2.45) is 0 Å². The van der Waals surface area contributed by atoms with Crippen molar-refractivity contribution in [1.29, 1.82) is 0 Å². The van der Waals surface area contributed by atoms with E-state index in [2.05, 4.69) is 25.2 Å². The lowest BCUT2D eigenvalue weighted by Gasteiger charge is -2.31. The first-order chi connectivity index (χ1) is 10.3. The Morgan fingerprint density at radius 3 is 2.67 bits per heavy atom. The zero-order chi connectivity index (χ0) is 15.1. The number of anilines is 2. The molecule has 1 aromatic rings. The van der Waals surface area contributed by atoms with Gasteiger partial charge in [-0.05, 0) is 19.8 Å². The van der Waals surface area contributed by atoms with E-state index in [0.717, 1.165) is 32.5 Å². The van der Waals surface area contributed by atoms with Crippen molar-refractivity contribution in [3.63, 3.8) is 0 Å². The fourth-order valence-corrected chi connectivity index (χ4v) is 2.26. The average Bonchev–Trinajstić information content (AvgIpc) is 2.53. The highest BCUT2D eigenvalue weighted by molar-refractivity contribution is 5.38. The average molecular weight is 297 g/mol.